The van der Waals surface area contributed by atoms with E-state index in [1.807, 2.05) is 24.3 Å². The number of carbonyl (C=O) groups is 1. The minimum Gasteiger partial charge on any atom is -0.446 e. The summed E-state index contributed by atoms with van der Waals surface area (Å²) in [4.78, 5) is 12.6. The lowest BCUT2D eigenvalue weighted by Gasteiger charge is -2.58. The molecule has 1 aromatic rings. The van der Waals surface area contributed by atoms with Gasteiger partial charge in [-0.1, -0.05) is 77.7 Å². The predicted molar refractivity (Wildman–Crippen MR) is 166 cm³/mol. The number of fused-ring (bicyclic) bond motifs is 5. The number of nitrogen functional groups attached to an aromatic ring is 1. The fourth-order valence-electron chi connectivity index (χ4n) is 9.94. The Balaban J connectivity index is 1.15. The molecule has 0 heterocycles. The average molecular weight is 549 g/mol. The van der Waals surface area contributed by atoms with Crippen molar-refractivity contribution in [2.24, 2.45) is 46.3 Å². The highest BCUT2D eigenvalue weighted by atomic mass is 16.6. The maximum absolute atomic E-state index is 12.6. The largest absolute Gasteiger partial charge is 0.446 e. The minimum atomic E-state index is -0.272. The molecule has 4 nitrogen and oxygen atoms in total. The summed E-state index contributed by atoms with van der Waals surface area (Å²) in [5, 5.41) is 2.97. The van der Waals surface area contributed by atoms with Gasteiger partial charge in [-0.15, -0.1) is 0 Å². The van der Waals surface area contributed by atoms with E-state index in [0.29, 0.717) is 12.0 Å². The number of allylic oxidation sites excluding steroid dienone is 1. The normalized spacial score (nSPS) is 35.8. The number of carbonyl (C=O) groups excluding carboxylic acids is 1. The second-order valence-corrected chi connectivity index (χ2v) is 15.0. The molecule has 40 heavy (non-hydrogen) atoms. The summed E-state index contributed by atoms with van der Waals surface area (Å²) in [6.45, 7) is 13.1. The van der Waals surface area contributed by atoms with E-state index in [2.05, 4.69) is 46.0 Å². The van der Waals surface area contributed by atoms with Gasteiger partial charge in [0, 0.05) is 18.7 Å². The van der Waals surface area contributed by atoms with Crippen molar-refractivity contribution >= 4 is 11.8 Å². The molecule has 4 heteroatoms. The van der Waals surface area contributed by atoms with E-state index in [0.717, 1.165) is 66.9 Å². The van der Waals surface area contributed by atoms with Gasteiger partial charge in [0.25, 0.3) is 0 Å². The Morgan fingerprint density at radius 3 is 2.55 bits per heavy atom. The van der Waals surface area contributed by atoms with E-state index >= 15 is 0 Å². The van der Waals surface area contributed by atoms with Crippen molar-refractivity contribution in [2.45, 2.75) is 118 Å². The van der Waals surface area contributed by atoms with E-state index < -0.39 is 0 Å². The van der Waals surface area contributed by atoms with Gasteiger partial charge in [-0.05, 0) is 115 Å². The Labute approximate surface area is 244 Å². The Morgan fingerprint density at radius 1 is 1.02 bits per heavy atom. The predicted octanol–water partition coefficient (Wildman–Crippen LogP) is 8.95. The van der Waals surface area contributed by atoms with Crippen LogP contribution in [0.25, 0.3) is 0 Å². The van der Waals surface area contributed by atoms with Gasteiger partial charge in [0.2, 0.25) is 0 Å². The van der Waals surface area contributed by atoms with E-state index in [9.17, 15) is 4.79 Å². The molecule has 3 N–H and O–H groups in total. The van der Waals surface area contributed by atoms with Crippen LogP contribution in [0.4, 0.5) is 10.5 Å². The van der Waals surface area contributed by atoms with Crippen LogP contribution in [0.1, 0.15) is 111 Å². The van der Waals surface area contributed by atoms with Crippen molar-refractivity contribution in [3.63, 3.8) is 0 Å². The number of ether oxygens (including phenoxy) is 1. The third kappa shape index (κ3) is 5.97. The summed E-state index contributed by atoms with van der Waals surface area (Å²) in [5.41, 5.74) is 10.1. The SMILES string of the molecule is CC(C)CCC[C@@H](C)C1CCC2C3CC=C4CC(OC(=O)NCCc5ccc(N)cc5)CC[C@]4(C)C3CCC21C. The molecule has 1 aromatic carbocycles. The van der Waals surface area contributed by atoms with Gasteiger partial charge in [0.1, 0.15) is 6.10 Å². The zero-order valence-electron chi connectivity index (χ0n) is 26.0. The first kappa shape index (κ1) is 29.5. The molecule has 0 aliphatic heterocycles. The molecular formula is C36H56N2O2. The highest BCUT2D eigenvalue weighted by Gasteiger charge is 2.59. The van der Waals surface area contributed by atoms with Gasteiger partial charge in [-0.2, -0.15) is 0 Å². The summed E-state index contributed by atoms with van der Waals surface area (Å²) in [5.74, 6) is 5.13. The van der Waals surface area contributed by atoms with Crippen molar-refractivity contribution in [1.29, 1.82) is 0 Å². The molecule has 0 spiro atoms. The summed E-state index contributed by atoms with van der Waals surface area (Å²) < 4.78 is 5.94. The molecule has 0 bridgehead atoms. The van der Waals surface area contributed by atoms with Crippen molar-refractivity contribution in [2.75, 3.05) is 12.3 Å². The zero-order chi connectivity index (χ0) is 28.5. The van der Waals surface area contributed by atoms with E-state index in [1.54, 1.807) is 5.57 Å². The first-order chi connectivity index (χ1) is 19.1. The minimum absolute atomic E-state index is 0.00352. The molecule has 0 saturated heterocycles. The van der Waals surface area contributed by atoms with E-state index in [1.165, 1.54) is 56.9 Å². The highest BCUT2D eigenvalue weighted by Crippen LogP contribution is 2.67. The summed E-state index contributed by atoms with van der Waals surface area (Å²) in [7, 11) is 0. The van der Waals surface area contributed by atoms with Crippen LogP contribution in [0.5, 0.6) is 0 Å². The maximum atomic E-state index is 12.6. The molecule has 0 radical (unpaired) electrons. The van der Waals surface area contributed by atoms with Gasteiger partial charge in [0.05, 0.1) is 0 Å². The van der Waals surface area contributed by atoms with Crippen LogP contribution in [0.15, 0.2) is 35.9 Å². The van der Waals surface area contributed by atoms with Gasteiger partial charge in [0.15, 0.2) is 0 Å². The van der Waals surface area contributed by atoms with Gasteiger partial charge >= 0.3 is 6.09 Å². The van der Waals surface area contributed by atoms with Crippen LogP contribution < -0.4 is 11.1 Å². The standard InChI is InChI=1S/C36H56N2O2/c1-24(2)7-6-8-25(3)31-15-16-32-30-14-11-27-23-29(17-20-35(27,4)33(30)18-21-36(31,32)5)40-34(39)38-22-19-26-9-12-28(37)13-10-26/h9-13,24-25,29-33H,6-8,14-23,37H2,1-5H3,(H,38,39)/t25-,29?,30?,31?,32?,33?,35+,36?/m1/s1. The van der Waals surface area contributed by atoms with Gasteiger partial charge in [-0.3, -0.25) is 0 Å². The first-order valence-corrected chi connectivity index (χ1v) is 16.6. The molecule has 8 atom stereocenters. The lowest BCUT2D eigenvalue weighted by atomic mass is 9.47. The second kappa shape index (κ2) is 12.1. The Bertz CT molecular complexity index is 1050. The quantitative estimate of drug-likeness (QED) is 0.239. The smallest absolute Gasteiger partial charge is 0.407 e. The average Bonchev–Trinajstić information content (AvgIpc) is 3.27. The monoisotopic (exact) mass is 548 g/mol. The Hall–Kier alpha value is -1.97. The number of alkyl carbamates (subject to hydrolysis) is 1. The lowest BCUT2D eigenvalue weighted by Crippen LogP contribution is -2.51. The van der Waals surface area contributed by atoms with Crippen LogP contribution in [0, 0.1) is 46.3 Å². The molecule has 3 fully saturated rings. The van der Waals surface area contributed by atoms with Crippen LogP contribution in [-0.4, -0.2) is 18.7 Å². The maximum Gasteiger partial charge on any atom is 0.407 e. The van der Waals surface area contributed by atoms with Crippen LogP contribution >= 0.6 is 0 Å². The number of benzene rings is 1. The molecule has 4 aliphatic rings. The topological polar surface area (TPSA) is 64.3 Å². The first-order valence-electron chi connectivity index (χ1n) is 16.6. The third-order valence-electron chi connectivity index (χ3n) is 12.2. The molecule has 3 saturated carbocycles. The number of nitrogens with two attached hydrogens (primary N) is 1. The Morgan fingerprint density at radius 2 is 1.80 bits per heavy atom. The highest BCUT2D eigenvalue weighted by molar-refractivity contribution is 5.67. The van der Waals surface area contributed by atoms with E-state index in [-0.39, 0.29) is 17.6 Å². The van der Waals surface area contributed by atoms with Crippen molar-refractivity contribution in [1.82, 2.24) is 5.32 Å². The summed E-state index contributed by atoms with van der Waals surface area (Å²) in [6.07, 6.45) is 17.3. The molecule has 5 rings (SSSR count). The third-order valence-corrected chi connectivity index (χ3v) is 12.2. The molecule has 222 valence electrons. The molecule has 0 aromatic heterocycles. The number of hydrogen-bond acceptors (Lipinski definition) is 3. The van der Waals surface area contributed by atoms with Gasteiger partial charge < -0.3 is 15.8 Å². The van der Waals surface area contributed by atoms with Crippen molar-refractivity contribution in [3.8, 4) is 0 Å². The number of anilines is 1. The number of hydrogen-bond donors (Lipinski definition) is 2. The molecule has 1 amide bonds. The van der Waals surface area contributed by atoms with Crippen LogP contribution in [0.3, 0.4) is 0 Å². The van der Waals surface area contributed by atoms with Crippen LogP contribution in [-0.2, 0) is 11.2 Å². The molecular weight excluding hydrogens is 492 g/mol. The number of nitrogens with one attached hydrogen (secondary N) is 1. The second-order valence-electron chi connectivity index (χ2n) is 15.0. The summed E-state index contributed by atoms with van der Waals surface area (Å²) in [6, 6.07) is 7.84. The lowest BCUT2D eigenvalue weighted by molar-refractivity contribution is -0.0581. The fourth-order valence-corrected chi connectivity index (χ4v) is 9.94. The zero-order valence-corrected chi connectivity index (χ0v) is 26.0. The number of rotatable bonds is 9. The summed E-state index contributed by atoms with van der Waals surface area (Å²) >= 11 is 0. The Kier molecular flexibility index (Phi) is 8.93. The van der Waals surface area contributed by atoms with E-state index in [4.69, 9.17) is 10.5 Å². The van der Waals surface area contributed by atoms with Crippen molar-refractivity contribution in [3.05, 3.63) is 41.5 Å². The van der Waals surface area contributed by atoms with Crippen LogP contribution in [0.2, 0.25) is 0 Å². The molecule has 6 unspecified atom stereocenters. The van der Waals surface area contributed by atoms with Crippen molar-refractivity contribution < 1.29 is 9.53 Å². The fraction of sp³-hybridized carbons (Fsp3) is 0.750. The molecule has 4 aliphatic carbocycles. The van der Waals surface area contributed by atoms with Gasteiger partial charge in [-0.25, -0.2) is 4.79 Å². The number of amides is 1.